The summed E-state index contributed by atoms with van der Waals surface area (Å²) in [5.41, 5.74) is 1.55. The van der Waals surface area contributed by atoms with Gasteiger partial charge >= 0.3 is 18.9 Å². The van der Waals surface area contributed by atoms with E-state index in [1.54, 1.807) is 6.07 Å². The zero-order valence-electron chi connectivity index (χ0n) is 24.3. The number of rotatable bonds is 17. The van der Waals surface area contributed by atoms with Crippen LogP contribution in [0.5, 0.6) is 11.5 Å². The quantitative estimate of drug-likeness (QED) is 0.184. The first-order chi connectivity index (χ1) is 16.9. The van der Waals surface area contributed by atoms with E-state index in [1.807, 2.05) is 37.3 Å². The van der Waals surface area contributed by atoms with E-state index in [2.05, 4.69) is 27.7 Å². The van der Waals surface area contributed by atoms with Crippen molar-refractivity contribution in [2.24, 2.45) is 11.8 Å². The van der Waals surface area contributed by atoms with Crippen molar-refractivity contribution < 1.29 is 34.6 Å². The van der Waals surface area contributed by atoms with Crippen molar-refractivity contribution in [1.82, 2.24) is 0 Å². The molecule has 196 valence electrons. The number of hydrogen-bond acceptors (Lipinski definition) is 3. The van der Waals surface area contributed by atoms with E-state index in [9.17, 15) is 4.79 Å². The molecule has 0 aliphatic heterocycles. The van der Waals surface area contributed by atoms with Gasteiger partial charge in [0.05, 0.1) is 18.2 Å². The van der Waals surface area contributed by atoms with Gasteiger partial charge in [-0.15, -0.1) is 0 Å². The molecule has 0 bridgehead atoms. The normalized spacial score (nSPS) is 12.8. The Kier molecular flexibility index (Phi) is 16.8. The van der Waals surface area contributed by atoms with Crippen LogP contribution in [0.25, 0.3) is 0 Å². The number of unbranched alkanes of at least 4 members (excludes halogenated alkanes) is 2. The second kappa shape index (κ2) is 18.3. The third-order valence-electron chi connectivity index (χ3n) is 6.70. The largest absolute Gasteiger partial charge is 1.00 e. The average Bonchev–Trinajstić information content (AvgIpc) is 2.85. The fraction of sp³-hybridized carbons (Fsp3) is 0.567. The van der Waals surface area contributed by atoms with Gasteiger partial charge in [0.15, 0.2) is 5.52 Å². The van der Waals surface area contributed by atoms with Gasteiger partial charge < -0.3 is 10.9 Å². The fourth-order valence-corrected chi connectivity index (χ4v) is 5.66. The van der Waals surface area contributed by atoms with E-state index >= 15 is 0 Å². The summed E-state index contributed by atoms with van der Waals surface area (Å²) in [4.78, 5) is 13.2. The van der Waals surface area contributed by atoms with Gasteiger partial charge in [-0.25, -0.2) is 0 Å². The smallest absolute Gasteiger partial charge is 1.00 e. The third-order valence-corrected chi connectivity index (χ3v) is 8.17. The molecule has 0 N–H and O–H groups in total. The predicted molar refractivity (Wildman–Crippen MR) is 154 cm³/mol. The maximum absolute atomic E-state index is 13.2. The summed E-state index contributed by atoms with van der Waals surface area (Å²) < 4.78 is 12.6. The molecule has 0 spiro atoms. The molecule has 2 aromatic rings. The van der Waals surface area contributed by atoms with Gasteiger partial charge in [-0.3, -0.25) is 4.79 Å². The number of hydrogen-bond donors (Lipinski definition) is 0. The Labute approximate surface area is 239 Å². The molecular formula is C30H45ClLiO3P. The van der Waals surface area contributed by atoms with Crippen molar-refractivity contribution in [3.63, 3.8) is 0 Å². The van der Waals surface area contributed by atoms with Crippen LogP contribution in [-0.2, 0) is 0 Å². The number of halogens is 1. The van der Waals surface area contributed by atoms with Crippen molar-refractivity contribution in [1.29, 1.82) is 0 Å². The van der Waals surface area contributed by atoms with Crippen molar-refractivity contribution in [2.45, 2.75) is 86.0 Å². The maximum Gasteiger partial charge on any atom is 1.00 e. The molecular weight excluding hydrogens is 482 g/mol. The Morgan fingerprint density at radius 2 is 1.56 bits per heavy atom. The first-order valence-electron chi connectivity index (χ1n) is 13.4. The minimum absolute atomic E-state index is 0. The van der Waals surface area contributed by atoms with Crippen LogP contribution in [-0.4, -0.2) is 18.7 Å². The van der Waals surface area contributed by atoms with Gasteiger partial charge in [-0.1, -0.05) is 90.0 Å². The van der Waals surface area contributed by atoms with Gasteiger partial charge in [0.25, 0.3) is 0 Å². The molecule has 3 unspecified atom stereocenters. The van der Waals surface area contributed by atoms with Crippen LogP contribution in [0.1, 0.15) is 96.4 Å². The van der Waals surface area contributed by atoms with Gasteiger partial charge in [0.1, 0.15) is 11.5 Å². The van der Waals surface area contributed by atoms with Crippen LogP contribution in [0.15, 0.2) is 36.4 Å². The summed E-state index contributed by atoms with van der Waals surface area (Å²) in [6.07, 6.45) is 9.39. The Hall–Kier alpha value is -0.973. The van der Waals surface area contributed by atoms with Crippen LogP contribution < -0.4 is 33.6 Å². The summed E-state index contributed by atoms with van der Waals surface area (Å²) in [7, 11) is -0.0578. The van der Waals surface area contributed by atoms with Gasteiger partial charge in [0.2, 0.25) is 0 Å². The summed E-state index contributed by atoms with van der Waals surface area (Å²) in [5, 5.41) is 1.42. The van der Waals surface area contributed by atoms with Gasteiger partial charge in [-0.05, 0) is 63.9 Å². The minimum Gasteiger partial charge on any atom is -1.00 e. The molecule has 0 aliphatic carbocycles. The first-order valence-corrected chi connectivity index (χ1v) is 14.8. The summed E-state index contributed by atoms with van der Waals surface area (Å²) >= 11 is 6.38. The molecule has 2 aromatic carbocycles. The van der Waals surface area contributed by atoms with Crippen LogP contribution in [0.2, 0.25) is 5.02 Å². The molecule has 0 saturated carbocycles. The van der Waals surface area contributed by atoms with Crippen LogP contribution >= 0.6 is 20.2 Å². The predicted octanol–water partition coefficient (Wildman–Crippen LogP) is 6.10. The molecule has 3 nitrogen and oxygen atoms in total. The van der Waals surface area contributed by atoms with E-state index in [4.69, 9.17) is 21.1 Å². The Bertz CT molecular complexity index is 907. The number of carbonyl (C=O) groups excluding carboxylic acids is 1. The molecule has 0 radical (unpaired) electrons. The van der Waals surface area contributed by atoms with Crippen molar-refractivity contribution in [3.8, 4) is 11.5 Å². The van der Waals surface area contributed by atoms with Gasteiger partial charge in [0, 0.05) is 16.9 Å². The molecule has 2 rings (SSSR count). The fourth-order valence-electron chi connectivity index (χ4n) is 4.14. The molecule has 0 aliphatic rings. The summed E-state index contributed by atoms with van der Waals surface area (Å²) in [6.45, 7) is 12.2. The van der Waals surface area contributed by atoms with Crippen molar-refractivity contribution in [3.05, 3.63) is 52.5 Å². The Balaban J connectivity index is 0.00000648. The minimum atomic E-state index is -0.0578. The number of ether oxygens (including phenoxy) is 2. The standard InChI is InChI=1S/C30H44ClO3P.Li.H/c1-6-10-14-23(8-3)20-33-25-17-18-28(27(19-25)34-21-24(9-4)15-11-7-2)35-30(32)29-22(5)13-12-16-26(29)31;;/h12-13,16-19,23-24,35H,6-11,14-15,20-21H2,1-5H3;;/q;+1;-1. The van der Waals surface area contributed by atoms with Crippen LogP contribution in [0.4, 0.5) is 0 Å². The van der Waals surface area contributed by atoms with Crippen LogP contribution in [0, 0.1) is 18.8 Å². The topological polar surface area (TPSA) is 35.5 Å². The zero-order valence-corrected chi connectivity index (χ0v) is 25.0. The van der Waals surface area contributed by atoms with E-state index < -0.39 is 0 Å². The molecule has 3 atom stereocenters. The monoisotopic (exact) mass is 526 g/mol. The van der Waals surface area contributed by atoms with E-state index in [0.717, 1.165) is 41.6 Å². The Morgan fingerprint density at radius 3 is 2.11 bits per heavy atom. The van der Waals surface area contributed by atoms with Crippen LogP contribution in [0.3, 0.4) is 0 Å². The first kappa shape index (κ1) is 33.1. The second-order valence-electron chi connectivity index (χ2n) is 9.50. The SMILES string of the molecule is CCCCC(CC)COc1ccc(PC(=O)c2c(C)cccc2Cl)c(OCC(CC)CCCC)c1.[H-].[Li+]. The number of aryl methyl sites for hydroxylation is 1. The Morgan fingerprint density at radius 1 is 0.944 bits per heavy atom. The molecule has 36 heavy (non-hydrogen) atoms. The molecule has 0 amide bonds. The zero-order chi connectivity index (χ0) is 25.6. The van der Waals surface area contributed by atoms with Gasteiger partial charge in [-0.2, -0.15) is 0 Å². The second-order valence-corrected chi connectivity index (χ2v) is 11.1. The van der Waals surface area contributed by atoms with Crippen molar-refractivity contribution in [2.75, 3.05) is 13.2 Å². The summed E-state index contributed by atoms with van der Waals surface area (Å²) in [6, 6.07) is 11.5. The number of benzene rings is 2. The van der Waals surface area contributed by atoms with Crippen molar-refractivity contribution >= 4 is 31.0 Å². The number of carbonyl (C=O) groups is 1. The third kappa shape index (κ3) is 10.8. The molecule has 6 heteroatoms. The average molecular weight is 527 g/mol. The molecule has 0 heterocycles. The molecule has 0 aromatic heterocycles. The summed E-state index contributed by atoms with van der Waals surface area (Å²) in [5.74, 6) is 2.64. The molecule has 0 saturated heterocycles. The van der Waals surface area contributed by atoms with E-state index in [0.29, 0.717) is 35.6 Å². The van der Waals surface area contributed by atoms with E-state index in [-0.39, 0.29) is 34.4 Å². The maximum atomic E-state index is 13.2. The van der Waals surface area contributed by atoms with E-state index in [1.165, 1.54) is 32.1 Å². The molecule has 0 fully saturated rings.